The van der Waals surface area contributed by atoms with Gasteiger partial charge in [-0.15, -0.1) is 13.2 Å². The van der Waals surface area contributed by atoms with Crippen LogP contribution in [0.3, 0.4) is 0 Å². The van der Waals surface area contributed by atoms with Crippen LogP contribution in [0, 0.1) is 0 Å². The van der Waals surface area contributed by atoms with Crippen LogP contribution in [0.4, 0.5) is 18.9 Å². The van der Waals surface area contributed by atoms with E-state index in [1.54, 1.807) is 42.5 Å². The number of alkyl halides is 3. The number of halogens is 3. The van der Waals surface area contributed by atoms with E-state index < -0.39 is 35.6 Å². The predicted octanol–water partition coefficient (Wildman–Crippen LogP) is 6.37. The molecule has 6 nitrogen and oxygen atoms in total. The van der Waals surface area contributed by atoms with Crippen LogP contribution in [0.5, 0.6) is 11.5 Å². The number of amides is 1. The molecule has 38 heavy (non-hydrogen) atoms. The third-order valence-corrected chi connectivity index (χ3v) is 6.23. The Hall–Kier alpha value is -4.79. The van der Waals surface area contributed by atoms with Crippen LogP contribution >= 0.6 is 0 Å². The number of methoxy groups -OCH3 is 1. The topological polar surface area (TPSA) is 76.1 Å². The Morgan fingerprint density at radius 2 is 1.55 bits per heavy atom. The molecular weight excluding hydrogens is 499 g/mol. The molecule has 1 amide bonds. The lowest BCUT2D eigenvalue weighted by Crippen LogP contribution is -2.29. The lowest BCUT2D eigenvalue weighted by atomic mass is 9.94. The first-order valence-corrected chi connectivity index (χ1v) is 11.5. The Bertz CT molecular complexity index is 1580. The highest BCUT2D eigenvalue weighted by Crippen LogP contribution is 2.43. The van der Waals surface area contributed by atoms with E-state index in [1.807, 2.05) is 24.3 Å². The maximum Gasteiger partial charge on any atom is 0.573 e. The van der Waals surface area contributed by atoms with E-state index in [4.69, 9.17) is 4.74 Å². The van der Waals surface area contributed by atoms with Crippen LogP contribution < -0.4 is 14.4 Å². The number of ketones is 1. The summed E-state index contributed by atoms with van der Waals surface area (Å²) in [6, 6.07) is 22.7. The summed E-state index contributed by atoms with van der Waals surface area (Å²) in [6.07, 6.45) is -4.95. The summed E-state index contributed by atoms with van der Waals surface area (Å²) >= 11 is 0. The van der Waals surface area contributed by atoms with Crippen molar-refractivity contribution in [3.8, 4) is 11.5 Å². The van der Waals surface area contributed by atoms with E-state index in [9.17, 15) is 27.9 Å². The van der Waals surface area contributed by atoms with E-state index >= 15 is 0 Å². The number of ether oxygens (including phenoxy) is 2. The zero-order chi connectivity index (χ0) is 27.0. The average molecular weight is 519 g/mol. The molecule has 1 aliphatic rings. The Morgan fingerprint density at radius 3 is 2.24 bits per heavy atom. The second kappa shape index (κ2) is 9.59. The largest absolute Gasteiger partial charge is 0.573 e. The lowest BCUT2D eigenvalue weighted by molar-refractivity contribution is -0.274. The second-order valence-electron chi connectivity index (χ2n) is 8.55. The molecule has 0 aliphatic carbocycles. The van der Waals surface area contributed by atoms with Gasteiger partial charge in [-0.25, -0.2) is 0 Å². The Labute approximate surface area is 215 Å². The summed E-state index contributed by atoms with van der Waals surface area (Å²) in [5.74, 6) is -2.42. The highest BCUT2D eigenvalue weighted by molar-refractivity contribution is 6.51. The van der Waals surface area contributed by atoms with Crippen LogP contribution in [0.25, 0.3) is 16.5 Å². The first-order valence-electron chi connectivity index (χ1n) is 11.5. The second-order valence-corrected chi connectivity index (χ2v) is 8.55. The van der Waals surface area contributed by atoms with Gasteiger partial charge in [-0.3, -0.25) is 14.5 Å². The van der Waals surface area contributed by atoms with Crippen molar-refractivity contribution in [2.75, 3.05) is 12.0 Å². The molecule has 1 aliphatic heterocycles. The molecule has 1 heterocycles. The number of aliphatic hydroxyl groups excluding tert-OH is 1. The number of carbonyl (C=O) groups excluding carboxylic acids is 2. The molecule has 0 radical (unpaired) electrons. The summed E-state index contributed by atoms with van der Waals surface area (Å²) in [5, 5.41) is 13.1. The van der Waals surface area contributed by atoms with Gasteiger partial charge in [-0.2, -0.15) is 0 Å². The van der Waals surface area contributed by atoms with Crippen LogP contribution in [0.1, 0.15) is 17.2 Å². The van der Waals surface area contributed by atoms with Gasteiger partial charge in [0.1, 0.15) is 17.3 Å². The number of nitrogens with zero attached hydrogens (tertiary/aromatic N) is 1. The molecule has 1 saturated heterocycles. The van der Waals surface area contributed by atoms with E-state index in [-0.39, 0.29) is 11.3 Å². The first kappa shape index (κ1) is 24.9. The number of carbonyl (C=O) groups is 2. The van der Waals surface area contributed by atoms with Gasteiger partial charge in [0, 0.05) is 17.3 Å². The van der Waals surface area contributed by atoms with Gasteiger partial charge in [0.15, 0.2) is 0 Å². The summed E-state index contributed by atoms with van der Waals surface area (Å²) in [4.78, 5) is 27.7. The van der Waals surface area contributed by atoms with Crippen molar-refractivity contribution >= 4 is 33.9 Å². The fraction of sp³-hybridized carbons (Fsp3) is 0.103. The van der Waals surface area contributed by atoms with Crippen molar-refractivity contribution in [2.45, 2.75) is 12.4 Å². The highest BCUT2D eigenvalue weighted by Gasteiger charge is 2.47. The predicted molar refractivity (Wildman–Crippen MR) is 135 cm³/mol. The summed E-state index contributed by atoms with van der Waals surface area (Å²) in [5.41, 5.74) is 0.550. The van der Waals surface area contributed by atoms with Crippen molar-refractivity contribution in [1.29, 1.82) is 0 Å². The number of rotatable bonds is 5. The highest BCUT2D eigenvalue weighted by atomic mass is 19.4. The van der Waals surface area contributed by atoms with E-state index in [2.05, 4.69) is 4.74 Å². The third kappa shape index (κ3) is 4.66. The summed E-state index contributed by atoms with van der Waals surface area (Å²) in [6.45, 7) is 0. The minimum absolute atomic E-state index is 0.00719. The van der Waals surface area contributed by atoms with Crippen LogP contribution in [0.15, 0.2) is 96.6 Å². The smallest absolute Gasteiger partial charge is 0.507 e. The number of hydrogen-bond acceptors (Lipinski definition) is 5. The van der Waals surface area contributed by atoms with Crippen LogP contribution in [0.2, 0.25) is 0 Å². The van der Waals surface area contributed by atoms with Crippen LogP contribution in [-0.2, 0) is 9.59 Å². The number of Topliss-reactive ketones (excluding diaryl/α,β-unsaturated/α-hetero) is 1. The summed E-state index contributed by atoms with van der Waals surface area (Å²) in [7, 11) is 1.48. The molecule has 192 valence electrons. The molecule has 0 aromatic heterocycles. The van der Waals surface area contributed by atoms with Crippen molar-refractivity contribution in [3.63, 3.8) is 0 Å². The Morgan fingerprint density at radius 1 is 0.842 bits per heavy atom. The molecular formula is C29H20F3NO5. The molecule has 1 unspecified atom stereocenters. The molecule has 1 N–H and O–H groups in total. The van der Waals surface area contributed by atoms with Gasteiger partial charge < -0.3 is 14.6 Å². The number of hydrogen-bond donors (Lipinski definition) is 1. The van der Waals surface area contributed by atoms with Gasteiger partial charge >= 0.3 is 6.36 Å². The molecule has 0 spiro atoms. The maximum atomic E-state index is 13.3. The number of benzene rings is 4. The van der Waals surface area contributed by atoms with Crippen molar-refractivity contribution in [3.05, 3.63) is 108 Å². The van der Waals surface area contributed by atoms with Crippen molar-refractivity contribution in [1.82, 2.24) is 0 Å². The molecule has 0 saturated carbocycles. The van der Waals surface area contributed by atoms with Gasteiger partial charge in [-0.05, 0) is 46.7 Å². The SMILES string of the molecule is COc1ccc(C2/C(=C(/O)c3ccc4ccccc4c3)C(=O)C(=O)N2c2cccc(OC(F)(F)F)c2)cc1. The van der Waals surface area contributed by atoms with E-state index in [1.165, 1.54) is 19.2 Å². The fourth-order valence-corrected chi connectivity index (χ4v) is 4.52. The normalized spacial score (nSPS) is 17.2. The molecule has 9 heteroatoms. The zero-order valence-corrected chi connectivity index (χ0v) is 19.9. The molecule has 0 bridgehead atoms. The van der Waals surface area contributed by atoms with Crippen LogP contribution in [-0.4, -0.2) is 30.3 Å². The van der Waals surface area contributed by atoms with Gasteiger partial charge in [0.2, 0.25) is 0 Å². The molecule has 4 aromatic rings. The lowest BCUT2D eigenvalue weighted by Gasteiger charge is -2.26. The first-order chi connectivity index (χ1) is 18.2. The minimum Gasteiger partial charge on any atom is -0.507 e. The van der Waals surface area contributed by atoms with E-state index in [0.29, 0.717) is 16.9 Å². The third-order valence-electron chi connectivity index (χ3n) is 6.23. The molecule has 4 aromatic carbocycles. The quantitative estimate of drug-likeness (QED) is 0.188. The Kier molecular flexibility index (Phi) is 6.28. The number of aliphatic hydroxyl groups is 1. The standard InChI is InChI=1S/C29H20F3NO5/c1-37-22-13-11-18(12-14-22)25-24(26(34)20-10-9-17-5-2-3-6-19(17)15-20)27(35)28(36)33(25)21-7-4-8-23(16-21)38-29(30,31)32/h2-16,25,34H,1H3/b26-24-. The van der Waals surface area contributed by atoms with Gasteiger partial charge in [0.25, 0.3) is 11.7 Å². The number of anilines is 1. The zero-order valence-electron chi connectivity index (χ0n) is 19.9. The molecule has 1 fully saturated rings. The van der Waals surface area contributed by atoms with Crippen molar-refractivity contribution in [2.24, 2.45) is 0 Å². The average Bonchev–Trinajstić information content (AvgIpc) is 3.17. The monoisotopic (exact) mass is 519 g/mol. The van der Waals surface area contributed by atoms with Gasteiger partial charge in [0.05, 0.1) is 18.7 Å². The maximum absolute atomic E-state index is 13.3. The number of fused-ring (bicyclic) bond motifs is 1. The Balaban J connectivity index is 1.68. The van der Waals surface area contributed by atoms with Crippen molar-refractivity contribution < 1.29 is 37.3 Å². The summed E-state index contributed by atoms with van der Waals surface area (Å²) < 4.78 is 47.8. The molecule has 1 atom stereocenters. The van der Waals surface area contributed by atoms with E-state index in [0.717, 1.165) is 27.8 Å². The van der Waals surface area contributed by atoms with Gasteiger partial charge in [-0.1, -0.05) is 54.6 Å². The molecule has 5 rings (SSSR count). The minimum atomic E-state index is -4.95. The fourth-order valence-electron chi connectivity index (χ4n) is 4.52.